The molecule has 7 rings (SSSR count). The van der Waals surface area contributed by atoms with Crippen molar-refractivity contribution in [3.8, 4) is 20.9 Å². The lowest BCUT2D eigenvalue weighted by Crippen LogP contribution is -1.95. The van der Waals surface area contributed by atoms with Gasteiger partial charge in [-0.3, -0.25) is 9.59 Å². The van der Waals surface area contributed by atoms with Gasteiger partial charge in [0.25, 0.3) is 0 Å². The topological polar surface area (TPSA) is 60.2 Å². The average molecular weight is 476 g/mol. The minimum Gasteiger partial charge on any atom is -0.399 e. The SMILES string of the molecule is Cc1ccc(-c2cc3c(=O)c4cc5c(cc4c3s2)c(=O)c2cc(-c3ccc(N)cc3)sc25)cc1. The predicted octanol–water partition coefficient (Wildman–Crippen LogP) is 7.24. The van der Waals surface area contributed by atoms with Crippen LogP contribution in [-0.2, 0) is 0 Å². The molecule has 2 heterocycles. The molecule has 0 fully saturated rings. The van der Waals surface area contributed by atoms with E-state index in [2.05, 4.69) is 31.2 Å². The number of hydrogen-bond acceptors (Lipinski definition) is 5. The Kier molecular flexibility index (Phi) is 3.96. The molecule has 0 spiro atoms. The molecule has 0 saturated heterocycles. The Labute approximate surface area is 202 Å². The van der Waals surface area contributed by atoms with E-state index in [4.69, 9.17) is 5.73 Å². The number of thiophene rings is 2. The van der Waals surface area contributed by atoms with Crippen molar-refractivity contribution >= 4 is 70.1 Å². The van der Waals surface area contributed by atoms with E-state index in [0.717, 1.165) is 51.8 Å². The van der Waals surface area contributed by atoms with Gasteiger partial charge in [0.15, 0.2) is 10.9 Å². The van der Waals surface area contributed by atoms with Crippen LogP contribution in [0.2, 0.25) is 0 Å². The van der Waals surface area contributed by atoms with Crippen molar-refractivity contribution in [1.82, 2.24) is 0 Å². The summed E-state index contributed by atoms with van der Waals surface area (Å²) in [5, 5.41) is 4.58. The Balaban J connectivity index is 1.46. The average Bonchev–Trinajstić information content (AvgIpc) is 3.58. The van der Waals surface area contributed by atoms with E-state index in [1.165, 1.54) is 5.56 Å². The Morgan fingerprint density at radius 2 is 1.00 bits per heavy atom. The summed E-state index contributed by atoms with van der Waals surface area (Å²) in [4.78, 5) is 28.8. The van der Waals surface area contributed by atoms with E-state index in [1.54, 1.807) is 22.7 Å². The van der Waals surface area contributed by atoms with Crippen LogP contribution in [-0.4, -0.2) is 0 Å². The van der Waals surface area contributed by atoms with Crippen LogP contribution in [0.4, 0.5) is 5.69 Å². The third-order valence-corrected chi connectivity index (χ3v) is 9.06. The van der Waals surface area contributed by atoms with Crippen molar-refractivity contribution < 1.29 is 0 Å². The van der Waals surface area contributed by atoms with Crippen LogP contribution in [0.5, 0.6) is 0 Å². The van der Waals surface area contributed by atoms with Gasteiger partial charge in [-0.1, -0.05) is 42.0 Å². The van der Waals surface area contributed by atoms with Gasteiger partial charge < -0.3 is 5.73 Å². The summed E-state index contributed by atoms with van der Waals surface area (Å²) in [6.45, 7) is 2.06. The molecule has 0 aliphatic rings. The molecule has 0 bridgehead atoms. The van der Waals surface area contributed by atoms with E-state index < -0.39 is 0 Å². The first-order valence-corrected chi connectivity index (χ1v) is 12.6. The van der Waals surface area contributed by atoms with Crippen molar-refractivity contribution in [3.63, 3.8) is 0 Å². The molecule has 0 aliphatic carbocycles. The number of hydrogen-bond donors (Lipinski definition) is 1. The molecule has 0 atom stereocenters. The number of aryl methyl sites for hydroxylation is 1. The van der Waals surface area contributed by atoms with Gasteiger partial charge in [-0.25, -0.2) is 0 Å². The summed E-state index contributed by atoms with van der Waals surface area (Å²) < 4.78 is 1.90. The lowest BCUT2D eigenvalue weighted by molar-refractivity contribution is 1.48. The Morgan fingerprint density at radius 1 is 0.559 bits per heavy atom. The summed E-state index contributed by atoms with van der Waals surface area (Å²) in [5.74, 6) is 0. The quantitative estimate of drug-likeness (QED) is 0.268. The fourth-order valence-electron chi connectivity index (χ4n) is 4.81. The van der Waals surface area contributed by atoms with E-state index in [9.17, 15) is 9.59 Å². The fourth-order valence-corrected chi connectivity index (χ4v) is 7.19. The molecule has 3 nitrogen and oxygen atoms in total. The number of nitrogen functional groups attached to an aromatic ring is 1. The number of nitrogens with two attached hydrogens (primary N) is 1. The normalized spacial score (nSPS) is 12.0. The van der Waals surface area contributed by atoms with Gasteiger partial charge in [0.1, 0.15) is 0 Å². The fraction of sp³-hybridized carbons (Fsp3) is 0.0345. The largest absolute Gasteiger partial charge is 0.399 e. The van der Waals surface area contributed by atoms with E-state index in [0.29, 0.717) is 16.5 Å². The monoisotopic (exact) mass is 475 g/mol. The van der Waals surface area contributed by atoms with Crippen LogP contribution in [0, 0.1) is 6.92 Å². The third-order valence-electron chi connectivity index (χ3n) is 6.62. The van der Waals surface area contributed by atoms with Gasteiger partial charge in [0.05, 0.1) is 0 Å². The highest BCUT2D eigenvalue weighted by atomic mass is 32.1. The lowest BCUT2D eigenvalue weighted by atomic mass is 10.1. The van der Waals surface area contributed by atoms with Crippen molar-refractivity contribution in [1.29, 1.82) is 0 Å². The first kappa shape index (κ1) is 19.6. The smallest absolute Gasteiger partial charge is 0.195 e. The molecule has 0 unspecified atom stereocenters. The van der Waals surface area contributed by atoms with Crippen LogP contribution < -0.4 is 16.6 Å². The first-order valence-electron chi connectivity index (χ1n) is 11.0. The highest BCUT2D eigenvalue weighted by Gasteiger charge is 2.20. The number of rotatable bonds is 2. The van der Waals surface area contributed by atoms with Gasteiger partial charge in [0, 0.05) is 57.2 Å². The lowest BCUT2D eigenvalue weighted by Gasteiger charge is -1.98. The third kappa shape index (κ3) is 2.68. The van der Waals surface area contributed by atoms with E-state index in [-0.39, 0.29) is 10.9 Å². The van der Waals surface area contributed by atoms with Gasteiger partial charge in [-0.05, 0) is 54.4 Å². The van der Waals surface area contributed by atoms with Crippen LogP contribution in [0.15, 0.2) is 82.4 Å². The molecule has 0 saturated carbocycles. The highest BCUT2D eigenvalue weighted by Crippen LogP contribution is 2.42. The van der Waals surface area contributed by atoms with Gasteiger partial charge in [-0.2, -0.15) is 0 Å². The van der Waals surface area contributed by atoms with Gasteiger partial charge >= 0.3 is 0 Å². The number of fused-ring (bicyclic) bond motifs is 6. The second kappa shape index (κ2) is 6.86. The van der Waals surface area contributed by atoms with Crippen LogP contribution >= 0.6 is 22.7 Å². The first-order chi connectivity index (χ1) is 16.5. The molecule has 5 aromatic carbocycles. The Bertz CT molecular complexity index is 1850. The summed E-state index contributed by atoms with van der Waals surface area (Å²) in [7, 11) is 0. The van der Waals surface area contributed by atoms with Crippen LogP contribution in [0.1, 0.15) is 5.56 Å². The molecule has 0 aliphatic heterocycles. The number of benzene rings is 3. The minimum absolute atomic E-state index is 0.0296. The summed E-state index contributed by atoms with van der Waals surface area (Å²) >= 11 is 3.21. The Morgan fingerprint density at radius 3 is 1.47 bits per heavy atom. The molecule has 0 radical (unpaired) electrons. The molecule has 2 aromatic heterocycles. The molecule has 2 N–H and O–H groups in total. The van der Waals surface area contributed by atoms with Gasteiger partial charge in [0.2, 0.25) is 0 Å². The van der Waals surface area contributed by atoms with Crippen LogP contribution in [0.25, 0.3) is 62.6 Å². The maximum Gasteiger partial charge on any atom is 0.195 e. The second-order valence-electron chi connectivity index (χ2n) is 8.80. The molecular weight excluding hydrogens is 458 g/mol. The minimum atomic E-state index is 0.0296. The van der Waals surface area contributed by atoms with Crippen molar-refractivity contribution in [2.45, 2.75) is 6.92 Å². The Hall–Kier alpha value is -3.80. The van der Waals surface area contributed by atoms with Gasteiger partial charge in [-0.15, -0.1) is 22.7 Å². The maximum atomic E-state index is 13.4. The molecule has 162 valence electrons. The van der Waals surface area contributed by atoms with Crippen molar-refractivity contribution in [3.05, 3.63) is 98.8 Å². The zero-order valence-corrected chi connectivity index (χ0v) is 19.8. The summed E-state index contributed by atoms with van der Waals surface area (Å²) in [6.07, 6.45) is 0. The summed E-state index contributed by atoms with van der Waals surface area (Å²) in [5.41, 5.74) is 9.94. The van der Waals surface area contributed by atoms with Crippen LogP contribution in [0.3, 0.4) is 0 Å². The molecule has 5 heteroatoms. The maximum absolute atomic E-state index is 13.4. The molecular formula is C29H17NO2S2. The standard InChI is InChI=1S/C29H17NO2S2/c1-14-2-4-15(5-3-14)24-12-22-26(31)18-11-21-19(10-20(18)28(22)33-24)27(32)23-13-25(34-29(21)23)16-6-8-17(30)9-7-16/h2-13H,30H2,1H3. The molecule has 34 heavy (non-hydrogen) atoms. The van der Waals surface area contributed by atoms with E-state index in [1.807, 2.05) is 48.5 Å². The predicted molar refractivity (Wildman–Crippen MR) is 147 cm³/mol. The zero-order chi connectivity index (χ0) is 23.1. The van der Waals surface area contributed by atoms with E-state index >= 15 is 0 Å². The zero-order valence-electron chi connectivity index (χ0n) is 18.1. The summed E-state index contributed by atoms with van der Waals surface area (Å²) in [6, 6.07) is 23.8. The molecule has 7 aromatic rings. The van der Waals surface area contributed by atoms with Crippen molar-refractivity contribution in [2.24, 2.45) is 0 Å². The number of anilines is 1. The highest BCUT2D eigenvalue weighted by molar-refractivity contribution is 7.23. The second-order valence-corrected chi connectivity index (χ2v) is 10.9. The van der Waals surface area contributed by atoms with Crippen molar-refractivity contribution in [2.75, 3.05) is 5.73 Å². The molecule has 0 amide bonds.